The second-order valence-electron chi connectivity index (χ2n) is 15.6. The van der Waals surface area contributed by atoms with Crippen LogP contribution in [0.5, 0.6) is 0 Å². The maximum Gasteiger partial charge on any atom is 0.268 e. The van der Waals surface area contributed by atoms with Gasteiger partial charge in [0.15, 0.2) is 0 Å². The highest BCUT2D eigenvalue weighted by Gasteiger charge is 2.39. The standard InChI is InChI=1S/C40H75N2O9P/c1-6-8-10-11-12-13-14-15-16-17-18-20-25-37(44)36(32-51-52(48,49)50-30-29-42(3,4)5)41-40(47)26-22-21-24-34-35(39(46)31-38(34)45)28-27-33(43)23-19-9-7-2/h20-22,25,27-28,33-39,43-46H,6-19,23-24,26,29-32H2,1-5H3,(H-,41,47,48,49)/b22-21-,25-20+,28-27+/t33-,34+,35-,36+,37-,38+,39-/m1/s1. The summed E-state index contributed by atoms with van der Waals surface area (Å²) in [6, 6.07) is -1.03. The Morgan fingerprint density at radius 2 is 1.48 bits per heavy atom. The molecule has 1 fully saturated rings. The minimum Gasteiger partial charge on any atom is -0.756 e. The third-order valence-corrected chi connectivity index (χ3v) is 10.7. The van der Waals surface area contributed by atoms with Crippen LogP contribution in [-0.4, -0.2) is 102 Å². The van der Waals surface area contributed by atoms with Crippen LogP contribution in [0.3, 0.4) is 0 Å². The van der Waals surface area contributed by atoms with Gasteiger partial charge in [-0.05, 0) is 31.6 Å². The molecule has 0 heterocycles. The molecule has 0 aromatic carbocycles. The van der Waals surface area contributed by atoms with Crippen LogP contribution in [-0.2, 0) is 18.4 Å². The number of rotatable bonds is 31. The lowest BCUT2D eigenvalue weighted by atomic mass is 9.89. The fraction of sp³-hybridized carbons (Fsp3) is 0.825. The number of hydrogen-bond acceptors (Lipinski definition) is 9. The van der Waals surface area contributed by atoms with E-state index in [0.29, 0.717) is 23.9 Å². The molecule has 0 aromatic heterocycles. The van der Waals surface area contributed by atoms with Gasteiger partial charge in [0.2, 0.25) is 5.91 Å². The fourth-order valence-corrected chi connectivity index (χ4v) is 7.08. The van der Waals surface area contributed by atoms with Gasteiger partial charge in [0.05, 0.1) is 58.2 Å². The number of hydrogen-bond donors (Lipinski definition) is 5. The molecule has 0 bridgehead atoms. The lowest BCUT2D eigenvalue weighted by Crippen LogP contribution is -2.45. The number of quaternary nitrogens is 1. The monoisotopic (exact) mass is 759 g/mol. The summed E-state index contributed by atoms with van der Waals surface area (Å²) in [5.74, 6) is -1.01. The number of allylic oxidation sites excluding steroid dienone is 2. The molecule has 1 aliphatic carbocycles. The lowest BCUT2D eigenvalue weighted by Gasteiger charge is -2.29. The minimum atomic E-state index is -4.67. The second kappa shape index (κ2) is 28.1. The van der Waals surface area contributed by atoms with Crippen molar-refractivity contribution in [1.82, 2.24) is 5.32 Å². The molecule has 1 rings (SSSR count). The first-order valence-electron chi connectivity index (χ1n) is 20.1. The van der Waals surface area contributed by atoms with E-state index in [-0.39, 0.29) is 31.3 Å². The Kier molecular flexibility index (Phi) is 26.2. The van der Waals surface area contributed by atoms with Crippen LogP contribution in [0.4, 0.5) is 0 Å². The number of aliphatic hydroxyl groups excluding tert-OH is 4. The van der Waals surface area contributed by atoms with Crippen molar-refractivity contribution < 1.29 is 48.2 Å². The molecular weight excluding hydrogens is 683 g/mol. The Morgan fingerprint density at radius 3 is 2.12 bits per heavy atom. The number of amides is 1. The van der Waals surface area contributed by atoms with Gasteiger partial charge in [-0.1, -0.05) is 127 Å². The Morgan fingerprint density at radius 1 is 0.865 bits per heavy atom. The zero-order valence-corrected chi connectivity index (χ0v) is 34.0. The summed E-state index contributed by atoms with van der Waals surface area (Å²) in [4.78, 5) is 25.4. The normalized spacial score (nSPS) is 22.7. The average Bonchev–Trinajstić information content (AvgIpc) is 3.34. The molecule has 11 nitrogen and oxygen atoms in total. The Bertz CT molecular complexity index is 1060. The van der Waals surface area contributed by atoms with Crippen molar-refractivity contribution in [2.45, 2.75) is 160 Å². The predicted molar refractivity (Wildman–Crippen MR) is 207 cm³/mol. The Balaban J connectivity index is 2.71. The average molecular weight is 759 g/mol. The van der Waals surface area contributed by atoms with Crippen molar-refractivity contribution in [1.29, 1.82) is 0 Å². The zero-order chi connectivity index (χ0) is 38.8. The first-order valence-corrected chi connectivity index (χ1v) is 21.6. The maximum atomic E-state index is 12.9. The number of aliphatic hydroxyl groups is 4. The van der Waals surface area contributed by atoms with E-state index in [2.05, 4.69) is 19.2 Å². The Hall–Kier alpha value is -1.40. The first-order chi connectivity index (χ1) is 24.7. The molecule has 1 saturated carbocycles. The summed E-state index contributed by atoms with van der Waals surface area (Å²) < 4.78 is 23.1. The third kappa shape index (κ3) is 24.1. The van der Waals surface area contributed by atoms with Crippen LogP contribution >= 0.6 is 7.82 Å². The van der Waals surface area contributed by atoms with Crippen LogP contribution in [0.15, 0.2) is 36.5 Å². The summed E-state index contributed by atoms with van der Waals surface area (Å²) in [5.41, 5.74) is 0. The van der Waals surface area contributed by atoms with Gasteiger partial charge in [-0.25, -0.2) is 0 Å². The fourth-order valence-electron chi connectivity index (χ4n) is 6.35. The molecule has 5 N–H and O–H groups in total. The summed E-state index contributed by atoms with van der Waals surface area (Å²) in [7, 11) is 1.06. The molecule has 1 amide bonds. The summed E-state index contributed by atoms with van der Waals surface area (Å²) >= 11 is 0. The zero-order valence-electron chi connectivity index (χ0n) is 33.1. The predicted octanol–water partition coefficient (Wildman–Crippen LogP) is 6.10. The first kappa shape index (κ1) is 48.6. The van der Waals surface area contributed by atoms with Gasteiger partial charge in [-0.3, -0.25) is 9.36 Å². The van der Waals surface area contributed by atoms with E-state index in [0.717, 1.165) is 38.5 Å². The molecule has 0 spiro atoms. The number of carbonyl (C=O) groups is 1. The van der Waals surface area contributed by atoms with Crippen molar-refractivity contribution in [3.8, 4) is 0 Å². The van der Waals surface area contributed by atoms with Gasteiger partial charge in [-0.15, -0.1) is 0 Å². The largest absolute Gasteiger partial charge is 0.756 e. The van der Waals surface area contributed by atoms with Gasteiger partial charge < -0.3 is 44.2 Å². The van der Waals surface area contributed by atoms with E-state index in [1.54, 1.807) is 30.4 Å². The van der Waals surface area contributed by atoms with Crippen LogP contribution in [0, 0.1) is 11.8 Å². The van der Waals surface area contributed by atoms with E-state index < -0.39 is 50.8 Å². The molecule has 0 saturated heterocycles. The van der Waals surface area contributed by atoms with Gasteiger partial charge in [0.25, 0.3) is 7.82 Å². The molecule has 0 aliphatic heterocycles. The van der Waals surface area contributed by atoms with E-state index in [1.807, 2.05) is 27.2 Å². The van der Waals surface area contributed by atoms with Crippen molar-refractivity contribution in [3.05, 3.63) is 36.5 Å². The highest BCUT2D eigenvalue weighted by molar-refractivity contribution is 7.45. The molecule has 1 unspecified atom stereocenters. The molecule has 304 valence electrons. The Labute approximate surface area is 315 Å². The van der Waals surface area contributed by atoms with Crippen molar-refractivity contribution in [2.24, 2.45) is 11.8 Å². The number of phosphoric ester groups is 1. The smallest absolute Gasteiger partial charge is 0.268 e. The third-order valence-electron chi connectivity index (χ3n) is 9.69. The van der Waals surface area contributed by atoms with Gasteiger partial charge in [0.1, 0.15) is 13.2 Å². The van der Waals surface area contributed by atoms with Gasteiger partial charge >= 0.3 is 0 Å². The van der Waals surface area contributed by atoms with E-state index >= 15 is 0 Å². The highest BCUT2D eigenvalue weighted by atomic mass is 31.2. The number of nitrogens with one attached hydrogen (secondary N) is 1. The molecule has 0 aromatic rings. The van der Waals surface area contributed by atoms with Crippen molar-refractivity contribution >= 4 is 13.7 Å². The second-order valence-corrected chi connectivity index (χ2v) is 17.0. The SMILES string of the molecule is CCCCCCCCCCCC/C=C/[C@@H](O)[C@H](COP(=O)([O-])OCC[N+](C)(C)C)NC(=O)C/C=C\C[C@H]1[C@@H](/C=C/[C@H](O)CCCCC)[C@H](O)C[C@@H]1O. The van der Waals surface area contributed by atoms with Crippen LogP contribution < -0.4 is 10.2 Å². The molecular formula is C40H75N2O9P. The lowest BCUT2D eigenvalue weighted by molar-refractivity contribution is -0.870. The van der Waals surface area contributed by atoms with Gasteiger partial charge in [-0.2, -0.15) is 0 Å². The van der Waals surface area contributed by atoms with Crippen LogP contribution in [0.1, 0.15) is 129 Å². The molecule has 8 atom stereocenters. The molecule has 0 radical (unpaired) electrons. The van der Waals surface area contributed by atoms with E-state index in [1.165, 1.54) is 51.4 Å². The number of nitrogens with zero attached hydrogens (tertiary/aromatic N) is 1. The van der Waals surface area contributed by atoms with Crippen LogP contribution in [0.2, 0.25) is 0 Å². The van der Waals surface area contributed by atoms with Crippen LogP contribution in [0.25, 0.3) is 0 Å². The summed E-state index contributed by atoms with van der Waals surface area (Å²) in [6.07, 6.45) is 24.5. The molecule has 1 aliphatic rings. The van der Waals surface area contributed by atoms with E-state index in [4.69, 9.17) is 9.05 Å². The van der Waals surface area contributed by atoms with Crippen molar-refractivity contribution in [3.63, 3.8) is 0 Å². The maximum absolute atomic E-state index is 12.9. The molecule has 52 heavy (non-hydrogen) atoms. The number of unbranched alkanes of at least 4 members (excludes halogenated alkanes) is 12. The number of likely N-dealkylation sites (N-methyl/N-ethyl adjacent to an activating group) is 1. The van der Waals surface area contributed by atoms with Gasteiger partial charge in [0, 0.05) is 18.8 Å². The van der Waals surface area contributed by atoms with E-state index in [9.17, 15) is 34.7 Å². The molecule has 12 heteroatoms. The number of phosphoric acid groups is 1. The number of carbonyl (C=O) groups excluding carboxylic acids is 1. The quantitative estimate of drug-likeness (QED) is 0.0243. The highest BCUT2D eigenvalue weighted by Crippen LogP contribution is 2.38. The summed E-state index contributed by atoms with van der Waals surface area (Å²) in [6.45, 7) is 4.23. The topological polar surface area (TPSA) is 169 Å². The minimum absolute atomic E-state index is 0.0391. The summed E-state index contributed by atoms with van der Waals surface area (Å²) in [5, 5.41) is 45.0. The van der Waals surface area contributed by atoms with Crippen molar-refractivity contribution in [2.75, 3.05) is 40.9 Å².